The van der Waals surface area contributed by atoms with Crippen LogP contribution in [0.5, 0.6) is 11.5 Å². The van der Waals surface area contributed by atoms with E-state index in [1.165, 1.54) is 0 Å². The van der Waals surface area contributed by atoms with Gasteiger partial charge in [-0.25, -0.2) is 0 Å². The van der Waals surface area contributed by atoms with E-state index >= 15 is 0 Å². The van der Waals surface area contributed by atoms with Crippen LogP contribution < -0.4 is 0 Å². The van der Waals surface area contributed by atoms with Crippen molar-refractivity contribution < 1.29 is 20.4 Å². The van der Waals surface area contributed by atoms with Gasteiger partial charge in [0.25, 0.3) is 0 Å². The normalized spacial score (nSPS) is 9.91. The molecule has 2 rings (SSSR count). The number of aryl methyl sites for hydroxylation is 2. The van der Waals surface area contributed by atoms with Gasteiger partial charge in [0.05, 0.1) is 0 Å². The molecule has 0 aliphatic rings. The van der Waals surface area contributed by atoms with Crippen molar-refractivity contribution >= 4 is 0 Å². The molecule has 0 atom stereocenters. The summed E-state index contributed by atoms with van der Waals surface area (Å²) < 4.78 is 0. The van der Waals surface area contributed by atoms with Crippen LogP contribution in [0.2, 0.25) is 0 Å². The fourth-order valence-electron chi connectivity index (χ4n) is 1.89. The lowest BCUT2D eigenvalue weighted by Crippen LogP contribution is -1.88. The average molecular weight is 304 g/mol. The lowest BCUT2D eigenvalue weighted by molar-refractivity contribution is 0.288. The molecule has 4 nitrogen and oxygen atoms in total. The summed E-state index contributed by atoms with van der Waals surface area (Å²) in [6.45, 7) is 0.446. The topological polar surface area (TPSA) is 80.9 Å². The van der Waals surface area contributed by atoms with Crippen LogP contribution in [0, 0.1) is 0 Å². The molecule has 0 radical (unpaired) electrons. The molecule has 0 saturated heterocycles. The van der Waals surface area contributed by atoms with Crippen molar-refractivity contribution in [2.24, 2.45) is 0 Å². The maximum atomic E-state index is 8.93. The van der Waals surface area contributed by atoms with Crippen LogP contribution in [-0.2, 0) is 12.8 Å². The zero-order valence-electron chi connectivity index (χ0n) is 12.7. The highest BCUT2D eigenvalue weighted by molar-refractivity contribution is 5.26. The molecule has 0 aliphatic heterocycles. The summed E-state index contributed by atoms with van der Waals surface area (Å²) in [4.78, 5) is 0. The summed E-state index contributed by atoms with van der Waals surface area (Å²) in [5.41, 5.74) is 2.30. The molecule has 0 bridgehead atoms. The summed E-state index contributed by atoms with van der Waals surface area (Å²) in [7, 11) is 0. The zero-order valence-corrected chi connectivity index (χ0v) is 12.7. The highest BCUT2D eigenvalue weighted by Gasteiger charge is 1.92. The van der Waals surface area contributed by atoms with E-state index in [-0.39, 0.29) is 24.7 Å². The molecule has 4 N–H and O–H groups in total. The van der Waals surface area contributed by atoms with Crippen molar-refractivity contribution in [1.82, 2.24) is 0 Å². The molecule has 0 amide bonds. The van der Waals surface area contributed by atoms with Gasteiger partial charge in [0.1, 0.15) is 11.5 Å². The maximum Gasteiger partial charge on any atom is 0.115 e. The van der Waals surface area contributed by atoms with Crippen LogP contribution in [0.1, 0.15) is 24.0 Å². The van der Waals surface area contributed by atoms with Gasteiger partial charge in [-0.1, -0.05) is 24.3 Å². The van der Waals surface area contributed by atoms with E-state index in [2.05, 4.69) is 0 Å². The van der Waals surface area contributed by atoms with Gasteiger partial charge in [-0.15, -0.1) is 0 Å². The number of hydrogen-bond donors (Lipinski definition) is 4. The van der Waals surface area contributed by atoms with E-state index in [4.69, 9.17) is 20.4 Å². The monoisotopic (exact) mass is 304 g/mol. The Labute approximate surface area is 131 Å². The Morgan fingerprint density at radius 1 is 0.545 bits per heavy atom. The minimum absolute atomic E-state index is 0.223. The van der Waals surface area contributed by atoms with Crippen LogP contribution in [0.15, 0.2) is 48.5 Å². The Morgan fingerprint density at radius 2 is 0.864 bits per heavy atom. The van der Waals surface area contributed by atoms with Crippen LogP contribution in [0.25, 0.3) is 0 Å². The second-order valence-electron chi connectivity index (χ2n) is 4.99. The largest absolute Gasteiger partial charge is 0.508 e. The van der Waals surface area contributed by atoms with Crippen molar-refractivity contribution in [3.05, 3.63) is 59.7 Å². The van der Waals surface area contributed by atoms with Crippen molar-refractivity contribution in [3.8, 4) is 11.5 Å². The SMILES string of the molecule is OCCCc1ccc(O)cc1.OCCCc1ccc(O)cc1. The first-order valence-corrected chi connectivity index (χ1v) is 7.43. The van der Waals surface area contributed by atoms with E-state index < -0.39 is 0 Å². The molecule has 0 unspecified atom stereocenters. The van der Waals surface area contributed by atoms with Crippen LogP contribution in [0.3, 0.4) is 0 Å². The maximum absolute atomic E-state index is 8.93. The fraction of sp³-hybridized carbons (Fsp3) is 0.333. The molecule has 0 saturated carbocycles. The van der Waals surface area contributed by atoms with Gasteiger partial charge in [0.15, 0.2) is 0 Å². The summed E-state index contributed by atoms with van der Waals surface area (Å²) in [5.74, 6) is 0.579. The molecule has 22 heavy (non-hydrogen) atoms. The number of phenolic OH excluding ortho intramolecular Hbond substituents is 2. The zero-order chi connectivity index (χ0) is 16.2. The van der Waals surface area contributed by atoms with Crippen LogP contribution in [-0.4, -0.2) is 33.6 Å². The van der Waals surface area contributed by atoms with E-state index in [1.807, 2.05) is 24.3 Å². The molecule has 0 heterocycles. The van der Waals surface area contributed by atoms with Gasteiger partial charge in [-0.05, 0) is 61.1 Å². The second-order valence-corrected chi connectivity index (χ2v) is 4.99. The van der Waals surface area contributed by atoms with E-state index in [1.54, 1.807) is 24.3 Å². The van der Waals surface area contributed by atoms with Gasteiger partial charge in [-0.2, -0.15) is 0 Å². The third-order valence-corrected chi connectivity index (χ3v) is 3.12. The van der Waals surface area contributed by atoms with Gasteiger partial charge in [0, 0.05) is 13.2 Å². The molecule has 2 aromatic rings. The number of aliphatic hydroxyl groups excluding tert-OH is 2. The quantitative estimate of drug-likeness (QED) is 0.661. The number of rotatable bonds is 6. The minimum atomic E-state index is 0.223. The molecule has 0 aromatic heterocycles. The number of phenols is 2. The third kappa shape index (κ3) is 7.67. The van der Waals surface area contributed by atoms with Crippen molar-refractivity contribution in [2.45, 2.75) is 25.7 Å². The lowest BCUT2D eigenvalue weighted by Gasteiger charge is -1.98. The Bertz CT molecular complexity index is 456. The second kappa shape index (κ2) is 10.7. The summed E-state index contributed by atoms with van der Waals surface area (Å²) in [6.07, 6.45) is 3.31. The van der Waals surface area contributed by atoms with Gasteiger partial charge in [-0.3, -0.25) is 0 Å². The molecule has 120 valence electrons. The first-order chi connectivity index (χ1) is 10.7. The summed E-state index contributed by atoms with van der Waals surface area (Å²) in [6, 6.07) is 14.1. The summed E-state index contributed by atoms with van der Waals surface area (Å²) in [5, 5.41) is 34.9. The number of aliphatic hydroxyl groups is 2. The number of hydrogen-bond acceptors (Lipinski definition) is 4. The lowest BCUT2D eigenvalue weighted by atomic mass is 10.1. The molecule has 0 aliphatic carbocycles. The highest BCUT2D eigenvalue weighted by atomic mass is 16.3. The molecule has 4 heteroatoms. The summed E-state index contributed by atoms with van der Waals surface area (Å²) >= 11 is 0. The predicted molar refractivity (Wildman–Crippen MR) is 87.0 cm³/mol. The Morgan fingerprint density at radius 3 is 1.14 bits per heavy atom. The standard InChI is InChI=1S/2C9H12O2/c2*10-7-1-2-8-3-5-9(11)6-4-8/h2*3-6,10-11H,1-2,7H2. The number of benzene rings is 2. The fourth-order valence-corrected chi connectivity index (χ4v) is 1.89. The molecule has 0 spiro atoms. The van der Waals surface area contributed by atoms with Gasteiger partial charge >= 0.3 is 0 Å². The number of aromatic hydroxyl groups is 2. The molecular formula is C18H24O4. The average Bonchev–Trinajstić information content (AvgIpc) is 2.54. The van der Waals surface area contributed by atoms with Crippen molar-refractivity contribution in [2.75, 3.05) is 13.2 Å². The smallest absolute Gasteiger partial charge is 0.115 e. The minimum Gasteiger partial charge on any atom is -0.508 e. The third-order valence-electron chi connectivity index (χ3n) is 3.12. The highest BCUT2D eigenvalue weighted by Crippen LogP contribution is 2.11. The van der Waals surface area contributed by atoms with Crippen molar-refractivity contribution in [3.63, 3.8) is 0 Å². The predicted octanol–water partition coefficient (Wildman–Crippen LogP) is 2.63. The van der Waals surface area contributed by atoms with E-state index in [0.29, 0.717) is 0 Å². The van der Waals surface area contributed by atoms with Crippen LogP contribution >= 0.6 is 0 Å². The van der Waals surface area contributed by atoms with Gasteiger partial charge < -0.3 is 20.4 Å². The van der Waals surface area contributed by atoms with E-state index in [9.17, 15) is 0 Å². The molecular weight excluding hydrogens is 280 g/mol. The molecule has 2 aromatic carbocycles. The van der Waals surface area contributed by atoms with Gasteiger partial charge in [0.2, 0.25) is 0 Å². The Kier molecular flexibility index (Phi) is 8.72. The van der Waals surface area contributed by atoms with E-state index in [0.717, 1.165) is 36.8 Å². The molecule has 0 fully saturated rings. The Hall–Kier alpha value is -2.04. The first-order valence-electron chi connectivity index (χ1n) is 7.43. The Balaban J connectivity index is 0.000000220. The van der Waals surface area contributed by atoms with Crippen LogP contribution in [0.4, 0.5) is 0 Å². The van der Waals surface area contributed by atoms with Crippen molar-refractivity contribution in [1.29, 1.82) is 0 Å². The first kappa shape index (κ1) is 18.0.